The topological polar surface area (TPSA) is 95.2 Å². The molecule has 118 valence electrons. The second-order valence-corrected chi connectivity index (χ2v) is 6.53. The summed E-state index contributed by atoms with van der Waals surface area (Å²) < 4.78 is 10.6. The average Bonchev–Trinajstić information content (AvgIpc) is 2.95. The first-order valence-electron chi connectivity index (χ1n) is 7.68. The van der Waals surface area contributed by atoms with Gasteiger partial charge in [0.05, 0.1) is 5.69 Å². The number of hydrogen-bond donors (Lipinski definition) is 1. The molecular formula is C16H21N3O3. The zero-order chi connectivity index (χ0) is 15.9. The van der Waals surface area contributed by atoms with Crippen LogP contribution in [0.1, 0.15) is 79.1 Å². The molecule has 1 saturated carbocycles. The van der Waals surface area contributed by atoms with Crippen LogP contribution < -0.4 is 5.73 Å². The summed E-state index contributed by atoms with van der Waals surface area (Å²) in [4.78, 5) is 11.0. The van der Waals surface area contributed by atoms with Gasteiger partial charge in [-0.2, -0.15) is 0 Å². The Labute approximate surface area is 129 Å². The molecule has 2 N–H and O–H groups in total. The molecule has 1 aliphatic rings. The second-order valence-electron chi connectivity index (χ2n) is 6.53. The molecule has 0 bridgehead atoms. The van der Waals surface area contributed by atoms with Gasteiger partial charge in [-0.15, -0.1) is 0 Å². The van der Waals surface area contributed by atoms with Crippen molar-refractivity contribution >= 4 is 5.91 Å². The maximum atomic E-state index is 11.0. The van der Waals surface area contributed by atoms with Crippen molar-refractivity contribution in [2.24, 2.45) is 11.7 Å². The van der Waals surface area contributed by atoms with Crippen molar-refractivity contribution in [1.29, 1.82) is 0 Å². The van der Waals surface area contributed by atoms with Gasteiger partial charge in [0.25, 0.3) is 5.91 Å². The summed E-state index contributed by atoms with van der Waals surface area (Å²) >= 11 is 0. The first-order valence-corrected chi connectivity index (χ1v) is 7.68. The number of aromatic nitrogens is 2. The van der Waals surface area contributed by atoms with Crippen LogP contribution in [0.25, 0.3) is 0 Å². The Balaban J connectivity index is 1.59. The number of rotatable bonds is 6. The lowest BCUT2D eigenvalue weighted by Crippen LogP contribution is -2.10. The highest BCUT2D eigenvalue weighted by Gasteiger charge is 2.41. The summed E-state index contributed by atoms with van der Waals surface area (Å²) in [6.07, 6.45) is 2.09. The van der Waals surface area contributed by atoms with E-state index in [9.17, 15) is 4.79 Å². The normalized spacial score (nSPS) is 22.0. The Morgan fingerprint density at radius 3 is 2.59 bits per heavy atom. The van der Waals surface area contributed by atoms with E-state index in [2.05, 4.69) is 37.2 Å². The highest BCUT2D eigenvalue weighted by atomic mass is 16.5. The van der Waals surface area contributed by atoms with Gasteiger partial charge in [0.15, 0.2) is 5.69 Å². The van der Waals surface area contributed by atoms with Crippen molar-refractivity contribution in [3.8, 4) is 0 Å². The molecular weight excluding hydrogens is 282 g/mol. The monoisotopic (exact) mass is 303 g/mol. The van der Waals surface area contributed by atoms with Crippen LogP contribution in [0.15, 0.2) is 21.2 Å². The van der Waals surface area contributed by atoms with Crippen LogP contribution >= 0.6 is 0 Å². The number of carbonyl (C=O) groups excluding carboxylic acids is 1. The minimum Gasteiger partial charge on any atom is -0.364 e. The van der Waals surface area contributed by atoms with E-state index in [0.717, 1.165) is 24.3 Å². The lowest BCUT2D eigenvalue weighted by atomic mass is 9.99. The Morgan fingerprint density at radius 1 is 1.27 bits per heavy atom. The maximum absolute atomic E-state index is 11.0. The fraction of sp³-hybridized carbons (Fsp3) is 0.562. The molecule has 1 aliphatic carbocycles. The molecule has 22 heavy (non-hydrogen) atoms. The average molecular weight is 303 g/mol. The standard InChI is InChI=1S/C16H21N3O3/c1-8(2)14-6-12(18-21-14)11-5-10(11)4-9(3)15-7-13(16(17)20)19-22-15/h6-11H,4-5H2,1-3H3,(H2,17,20). The SMILES string of the molecule is CC(C)c1cc(C2CC2CC(C)c2cc(C(N)=O)no2)no1. The number of nitrogens with zero attached hydrogens (tertiary/aromatic N) is 2. The fourth-order valence-corrected chi connectivity index (χ4v) is 2.83. The van der Waals surface area contributed by atoms with Crippen molar-refractivity contribution in [1.82, 2.24) is 10.3 Å². The van der Waals surface area contributed by atoms with Gasteiger partial charge in [0.1, 0.15) is 11.5 Å². The first kappa shape index (κ1) is 14.8. The summed E-state index contributed by atoms with van der Waals surface area (Å²) in [5, 5.41) is 7.87. The molecule has 0 aliphatic heterocycles. The molecule has 6 nitrogen and oxygen atoms in total. The van der Waals surface area contributed by atoms with Gasteiger partial charge < -0.3 is 14.8 Å². The molecule has 1 amide bonds. The van der Waals surface area contributed by atoms with Crippen molar-refractivity contribution in [2.75, 3.05) is 0 Å². The van der Waals surface area contributed by atoms with Gasteiger partial charge in [-0.3, -0.25) is 4.79 Å². The lowest BCUT2D eigenvalue weighted by molar-refractivity contribution is 0.0991. The van der Waals surface area contributed by atoms with Crippen molar-refractivity contribution in [3.63, 3.8) is 0 Å². The number of primary amides is 1. The summed E-state index contributed by atoms with van der Waals surface area (Å²) in [5.41, 5.74) is 6.42. The van der Waals surface area contributed by atoms with Gasteiger partial charge in [-0.05, 0) is 18.8 Å². The molecule has 0 aromatic carbocycles. The van der Waals surface area contributed by atoms with Crippen LogP contribution in [0, 0.1) is 5.92 Å². The molecule has 2 heterocycles. The molecule has 0 saturated heterocycles. The zero-order valence-electron chi connectivity index (χ0n) is 13.1. The third kappa shape index (κ3) is 2.91. The highest BCUT2D eigenvalue weighted by Crippen LogP contribution is 2.51. The first-order chi connectivity index (χ1) is 10.5. The molecule has 1 fully saturated rings. The number of nitrogens with two attached hydrogens (primary N) is 1. The van der Waals surface area contributed by atoms with E-state index in [0.29, 0.717) is 23.5 Å². The largest absolute Gasteiger partial charge is 0.364 e. The van der Waals surface area contributed by atoms with Crippen molar-refractivity contribution < 1.29 is 13.8 Å². The van der Waals surface area contributed by atoms with Crippen molar-refractivity contribution in [2.45, 2.75) is 51.4 Å². The minimum atomic E-state index is -0.560. The highest BCUT2D eigenvalue weighted by molar-refractivity contribution is 5.90. The number of hydrogen-bond acceptors (Lipinski definition) is 5. The van der Waals surface area contributed by atoms with E-state index in [4.69, 9.17) is 14.8 Å². The predicted octanol–water partition coefficient (Wildman–Crippen LogP) is 3.18. The summed E-state index contributed by atoms with van der Waals surface area (Å²) in [5.74, 6) is 2.69. The summed E-state index contributed by atoms with van der Waals surface area (Å²) in [7, 11) is 0. The van der Waals surface area contributed by atoms with E-state index in [1.165, 1.54) is 0 Å². The van der Waals surface area contributed by atoms with Crippen LogP contribution in [0.5, 0.6) is 0 Å². The molecule has 2 aromatic rings. The molecule has 6 heteroatoms. The minimum absolute atomic E-state index is 0.187. The van der Waals surface area contributed by atoms with Gasteiger partial charge in [0.2, 0.25) is 0 Å². The van der Waals surface area contributed by atoms with E-state index in [-0.39, 0.29) is 11.6 Å². The van der Waals surface area contributed by atoms with Crippen LogP contribution in [0.4, 0.5) is 0 Å². The van der Waals surface area contributed by atoms with Crippen LogP contribution in [0.3, 0.4) is 0 Å². The van der Waals surface area contributed by atoms with E-state index in [1.54, 1.807) is 6.07 Å². The molecule has 0 spiro atoms. The Morgan fingerprint density at radius 2 is 2.00 bits per heavy atom. The molecule has 3 rings (SSSR count). The maximum Gasteiger partial charge on any atom is 0.270 e. The van der Waals surface area contributed by atoms with Crippen LogP contribution in [-0.4, -0.2) is 16.2 Å². The molecule has 3 atom stereocenters. The number of carbonyl (C=O) groups is 1. The van der Waals surface area contributed by atoms with E-state index < -0.39 is 5.91 Å². The Kier molecular flexibility index (Phi) is 3.76. The Hall–Kier alpha value is -2.11. The van der Waals surface area contributed by atoms with Gasteiger partial charge in [0, 0.05) is 29.9 Å². The van der Waals surface area contributed by atoms with Gasteiger partial charge in [-0.25, -0.2) is 0 Å². The third-order valence-electron chi connectivity index (χ3n) is 4.34. The summed E-state index contributed by atoms with van der Waals surface area (Å²) in [6, 6.07) is 3.71. The van der Waals surface area contributed by atoms with Crippen molar-refractivity contribution in [3.05, 3.63) is 35.0 Å². The third-order valence-corrected chi connectivity index (χ3v) is 4.34. The van der Waals surface area contributed by atoms with E-state index >= 15 is 0 Å². The number of amides is 1. The smallest absolute Gasteiger partial charge is 0.270 e. The molecule has 0 radical (unpaired) electrons. The van der Waals surface area contributed by atoms with E-state index in [1.807, 2.05) is 0 Å². The second kappa shape index (κ2) is 5.59. The lowest BCUT2D eigenvalue weighted by Gasteiger charge is -2.05. The van der Waals surface area contributed by atoms with Gasteiger partial charge in [-0.1, -0.05) is 31.1 Å². The Bertz CT molecular complexity index is 674. The predicted molar refractivity (Wildman–Crippen MR) is 79.5 cm³/mol. The molecule has 2 aromatic heterocycles. The quantitative estimate of drug-likeness (QED) is 0.884. The van der Waals surface area contributed by atoms with Crippen LogP contribution in [0.2, 0.25) is 0 Å². The fourth-order valence-electron chi connectivity index (χ4n) is 2.83. The van der Waals surface area contributed by atoms with Gasteiger partial charge >= 0.3 is 0 Å². The van der Waals surface area contributed by atoms with Crippen LogP contribution in [-0.2, 0) is 0 Å². The zero-order valence-corrected chi connectivity index (χ0v) is 13.1. The molecule has 3 unspecified atom stereocenters. The summed E-state index contributed by atoms with van der Waals surface area (Å²) in [6.45, 7) is 6.26.